The molecule has 0 bridgehead atoms. The SMILES string of the molecule is C/C=C(C)\C=C/C(C)c1cnc(Nc2ccc3cn[nH]c3c2)o1. The second-order valence-electron chi connectivity index (χ2n) is 5.55. The van der Waals surface area contributed by atoms with E-state index >= 15 is 0 Å². The lowest BCUT2D eigenvalue weighted by Crippen LogP contribution is -1.90. The van der Waals surface area contributed by atoms with E-state index in [9.17, 15) is 0 Å². The molecular weight excluding hydrogens is 288 g/mol. The number of H-pyrrole nitrogens is 1. The molecule has 0 aliphatic carbocycles. The first kappa shape index (κ1) is 15.1. The van der Waals surface area contributed by atoms with Crippen LogP contribution >= 0.6 is 0 Å². The molecule has 0 spiro atoms. The largest absolute Gasteiger partial charge is 0.428 e. The zero-order chi connectivity index (χ0) is 16.2. The zero-order valence-electron chi connectivity index (χ0n) is 13.5. The minimum Gasteiger partial charge on any atom is -0.428 e. The number of oxazole rings is 1. The Morgan fingerprint density at radius 1 is 1.35 bits per heavy atom. The summed E-state index contributed by atoms with van der Waals surface area (Å²) in [5.74, 6) is 0.998. The van der Waals surface area contributed by atoms with Crippen molar-refractivity contribution in [2.45, 2.75) is 26.7 Å². The average molecular weight is 308 g/mol. The third-order valence-electron chi connectivity index (χ3n) is 3.77. The predicted molar refractivity (Wildman–Crippen MR) is 92.9 cm³/mol. The van der Waals surface area contributed by atoms with Gasteiger partial charge in [-0.3, -0.25) is 5.10 Å². The maximum atomic E-state index is 5.79. The van der Waals surface area contributed by atoms with Crippen LogP contribution < -0.4 is 5.32 Å². The van der Waals surface area contributed by atoms with Crippen LogP contribution in [0.15, 0.2) is 58.8 Å². The highest BCUT2D eigenvalue weighted by atomic mass is 16.4. The molecule has 0 aliphatic heterocycles. The summed E-state index contributed by atoms with van der Waals surface area (Å²) >= 11 is 0. The summed E-state index contributed by atoms with van der Waals surface area (Å²) in [7, 11) is 0. The van der Waals surface area contributed by atoms with Crippen molar-refractivity contribution in [2.24, 2.45) is 0 Å². The van der Waals surface area contributed by atoms with E-state index in [-0.39, 0.29) is 5.92 Å². The number of hydrogen-bond acceptors (Lipinski definition) is 4. The van der Waals surface area contributed by atoms with Crippen LogP contribution in [0.1, 0.15) is 32.4 Å². The molecule has 0 radical (unpaired) electrons. The number of allylic oxidation sites excluding steroid dienone is 4. The van der Waals surface area contributed by atoms with Crippen molar-refractivity contribution in [1.82, 2.24) is 15.2 Å². The van der Waals surface area contributed by atoms with Gasteiger partial charge in [-0.2, -0.15) is 5.10 Å². The first-order chi connectivity index (χ1) is 11.2. The third-order valence-corrected chi connectivity index (χ3v) is 3.77. The first-order valence-electron chi connectivity index (χ1n) is 7.62. The van der Waals surface area contributed by atoms with Gasteiger partial charge in [0.05, 0.1) is 17.9 Å². The minimum absolute atomic E-state index is 0.169. The second-order valence-corrected chi connectivity index (χ2v) is 5.55. The van der Waals surface area contributed by atoms with Gasteiger partial charge in [-0.25, -0.2) is 4.98 Å². The van der Waals surface area contributed by atoms with E-state index in [2.05, 4.69) is 52.6 Å². The Hall–Kier alpha value is -2.82. The molecule has 0 saturated heterocycles. The summed E-state index contributed by atoms with van der Waals surface area (Å²) in [5, 5.41) is 11.2. The molecule has 1 aromatic carbocycles. The number of aromatic amines is 1. The molecule has 2 aromatic heterocycles. The highest BCUT2D eigenvalue weighted by molar-refractivity contribution is 5.82. The number of nitrogens with one attached hydrogen (secondary N) is 2. The van der Waals surface area contributed by atoms with E-state index in [0.29, 0.717) is 6.01 Å². The Bertz CT molecular complexity index is 857. The molecule has 0 amide bonds. The maximum Gasteiger partial charge on any atom is 0.299 e. The molecule has 0 saturated carbocycles. The van der Waals surface area contributed by atoms with E-state index in [1.165, 1.54) is 5.57 Å². The lowest BCUT2D eigenvalue weighted by molar-refractivity contribution is 0.511. The third kappa shape index (κ3) is 3.51. The Morgan fingerprint density at radius 2 is 2.22 bits per heavy atom. The van der Waals surface area contributed by atoms with Crippen molar-refractivity contribution < 1.29 is 4.42 Å². The average Bonchev–Trinajstić information content (AvgIpc) is 3.21. The van der Waals surface area contributed by atoms with Crippen molar-refractivity contribution in [3.05, 3.63) is 60.2 Å². The van der Waals surface area contributed by atoms with Crippen molar-refractivity contribution in [3.63, 3.8) is 0 Å². The Kier molecular flexibility index (Phi) is 4.28. The van der Waals surface area contributed by atoms with E-state index in [4.69, 9.17) is 4.42 Å². The minimum atomic E-state index is 0.169. The van der Waals surface area contributed by atoms with Gasteiger partial charge in [0.2, 0.25) is 0 Å². The molecule has 0 aliphatic rings. The number of anilines is 2. The van der Waals surface area contributed by atoms with Crippen LogP contribution in [0.25, 0.3) is 10.9 Å². The molecule has 3 rings (SSSR count). The number of nitrogens with zero attached hydrogens (tertiary/aromatic N) is 2. The topological polar surface area (TPSA) is 66.7 Å². The van der Waals surface area contributed by atoms with Crippen LogP contribution in [0, 0.1) is 0 Å². The van der Waals surface area contributed by atoms with Gasteiger partial charge in [-0.1, -0.05) is 30.7 Å². The molecule has 1 atom stereocenters. The number of hydrogen-bond donors (Lipinski definition) is 2. The van der Waals surface area contributed by atoms with Crippen LogP contribution in [0.5, 0.6) is 0 Å². The lowest BCUT2D eigenvalue weighted by Gasteiger charge is -2.03. The molecular formula is C18H20N4O. The Labute approximate surface area is 135 Å². The smallest absolute Gasteiger partial charge is 0.299 e. The van der Waals surface area contributed by atoms with E-state index in [1.54, 1.807) is 12.4 Å². The fourth-order valence-electron chi connectivity index (χ4n) is 2.18. The van der Waals surface area contributed by atoms with E-state index < -0.39 is 0 Å². The standard InChI is InChI=1S/C18H20N4O/c1-4-12(2)5-6-13(3)17-11-19-18(23-17)21-15-8-7-14-10-20-22-16(14)9-15/h4-11,13H,1-3H3,(H,19,21)(H,20,22)/b6-5-,12-4-. The summed E-state index contributed by atoms with van der Waals surface area (Å²) in [5.41, 5.74) is 3.10. The van der Waals surface area contributed by atoms with Gasteiger partial charge in [0.25, 0.3) is 6.01 Å². The van der Waals surface area contributed by atoms with Gasteiger partial charge in [0, 0.05) is 17.0 Å². The zero-order valence-corrected chi connectivity index (χ0v) is 13.5. The van der Waals surface area contributed by atoms with Gasteiger partial charge < -0.3 is 9.73 Å². The summed E-state index contributed by atoms with van der Waals surface area (Å²) < 4.78 is 5.79. The maximum absolute atomic E-state index is 5.79. The monoisotopic (exact) mass is 308 g/mol. The Balaban J connectivity index is 1.72. The molecule has 1 unspecified atom stereocenters. The van der Waals surface area contributed by atoms with Gasteiger partial charge >= 0.3 is 0 Å². The normalized spacial score (nSPS) is 13.8. The number of benzene rings is 1. The van der Waals surface area contributed by atoms with Crippen LogP contribution in [0.2, 0.25) is 0 Å². The molecule has 5 nitrogen and oxygen atoms in total. The van der Waals surface area contributed by atoms with Crippen molar-refractivity contribution in [3.8, 4) is 0 Å². The number of rotatable bonds is 5. The summed E-state index contributed by atoms with van der Waals surface area (Å²) in [6, 6.07) is 6.43. The van der Waals surface area contributed by atoms with Crippen LogP contribution in [-0.4, -0.2) is 15.2 Å². The Morgan fingerprint density at radius 3 is 3.04 bits per heavy atom. The van der Waals surface area contributed by atoms with Crippen LogP contribution in [-0.2, 0) is 0 Å². The highest BCUT2D eigenvalue weighted by Gasteiger charge is 2.09. The van der Waals surface area contributed by atoms with Crippen molar-refractivity contribution >= 4 is 22.6 Å². The summed E-state index contributed by atoms with van der Waals surface area (Å²) in [6.45, 7) is 6.18. The molecule has 5 heteroatoms. The lowest BCUT2D eigenvalue weighted by atomic mass is 10.1. The fourth-order valence-corrected chi connectivity index (χ4v) is 2.18. The van der Waals surface area contributed by atoms with Crippen LogP contribution in [0.3, 0.4) is 0 Å². The fraction of sp³-hybridized carbons (Fsp3) is 0.222. The quantitative estimate of drug-likeness (QED) is 0.656. The van der Waals surface area contributed by atoms with Crippen molar-refractivity contribution in [1.29, 1.82) is 0 Å². The van der Waals surface area contributed by atoms with Crippen LogP contribution in [0.4, 0.5) is 11.7 Å². The summed E-state index contributed by atoms with van der Waals surface area (Å²) in [6.07, 6.45) is 9.82. The molecule has 2 heterocycles. The predicted octanol–water partition coefficient (Wildman–Crippen LogP) is 4.92. The molecule has 118 valence electrons. The number of aromatic nitrogens is 3. The molecule has 2 N–H and O–H groups in total. The molecule has 23 heavy (non-hydrogen) atoms. The number of fused-ring (bicyclic) bond motifs is 1. The van der Waals surface area contributed by atoms with Crippen molar-refractivity contribution in [2.75, 3.05) is 5.32 Å². The van der Waals surface area contributed by atoms with E-state index in [1.807, 2.05) is 25.1 Å². The van der Waals surface area contributed by atoms with Gasteiger partial charge in [0.15, 0.2) is 0 Å². The van der Waals surface area contributed by atoms with Gasteiger partial charge in [0.1, 0.15) is 5.76 Å². The molecule has 0 fully saturated rings. The highest BCUT2D eigenvalue weighted by Crippen LogP contribution is 2.24. The molecule has 3 aromatic rings. The summed E-state index contributed by atoms with van der Waals surface area (Å²) in [4.78, 5) is 4.30. The first-order valence-corrected chi connectivity index (χ1v) is 7.62. The van der Waals surface area contributed by atoms with E-state index in [0.717, 1.165) is 22.4 Å². The van der Waals surface area contributed by atoms with Gasteiger partial charge in [-0.05, 0) is 32.0 Å². The van der Waals surface area contributed by atoms with Gasteiger partial charge in [-0.15, -0.1) is 0 Å². The second kappa shape index (κ2) is 6.52.